The van der Waals surface area contributed by atoms with E-state index in [1.165, 1.54) is 24.8 Å². The number of hydrogen-bond acceptors (Lipinski definition) is 7. The first-order valence-electron chi connectivity index (χ1n) is 7.85. The second-order valence-corrected chi connectivity index (χ2v) is 7.29. The van der Waals surface area contributed by atoms with E-state index in [0.717, 1.165) is 0 Å². The zero-order chi connectivity index (χ0) is 20.4. The number of ether oxygens (including phenoxy) is 1. The first-order chi connectivity index (χ1) is 13.3. The number of benzene rings is 1. The monoisotopic (exact) mass is 440 g/mol. The highest BCUT2D eigenvalue weighted by Crippen LogP contribution is 2.40. The molecule has 0 bridgehead atoms. The molecular formula is C17H14Cl2N4O4S. The molecule has 3 N–H and O–H groups in total. The first-order valence-corrected chi connectivity index (χ1v) is 9.48. The molecule has 146 valence electrons. The SMILES string of the molecule is COc1cc(C)c(Cl)c(NC(=O)c2csc3c(NCC(=O)O)ncnc23)c1Cl. The molecule has 0 aliphatic heterocycles. The third-order valence-corrected chi connectivity index (χ3v) is 5.65. The van der Waals surface area contributed by atoms with Gasteiger partial charge in [0.25, 0.3) is 5.91 Å². The molecule has 11 heteroatoms. The molecule has 0 radical (unpaired) electrons. The summed E-state index contributed by atoms with van der Waals surface area (Å²) in [5, 5.41) is 16.3. The minimum Gasteiger partial charge on any atom is -0.495 e. The van der Waals surface area contributed by atoms with E-state index in [0.29, 0.717) is 32.4 Å². The molecule has 2 heterocycles. The van der Waals surface area contributed by atoms with Crippen molar-refractivity contribution in [1.82, 2.24) is 9.97 Å². The number of anilines is 2. The minimum atomic E-state index is -1.03. The van der Waals surface area contributed by atoms with Gasteiger partial charge in [-0.05, 0) is 18.6 Å². The summed E-state index contributed by atoms with van der Waals surface area (Å²) in [4.78, 5) is 31.8. The number of thiophene rings is 1. The van der Waals surface area contributed by atoms with Gasteiger partial charge in [-0.2, -0.15) is 0 Å². The van der Waals surface area contributed by atoms with Crippen molar-refractivity contribution in [3.05, 3.63) is 38.9 Å². The Hall–Kier alpha value is -2.62. The predicted molar refractivity (Wildman–Crippen MR) is 109 cm³/mol. The lowest BCUT2D eigenvalue weighted by Crippen LogP contribution is -2.14. The highest BCUT2D eigenvalue weighted by Gasteiger charge is 2.21. The van der Waals surface area contributed by atoms with Crippen LogP contribution in [0.5, 0.6) is 5.75 Å². The maximum atomic E-state index is 12.8. The summed E-state index contributed by atoms with van der Waals surface area (Å²) >= 11 is 13.8. The predicted octanol–water partition coefficient (Wildman–Crippen LogP) is 4.06. The van der Waals surface area contributed by atoms with Crippen molar-refractivity contribution in [3.63, 3.8) is 0 Å². The summed E-state index contributed by atoms with van der Waals surface area (Å²) in [5.41, 5.74) is 1.60. The first kappa shape index (κ1) is 20.1. The molecule has 1 aromatic carbocycles. The summed E-state index contributed by atoms with van der Waals surface area (Å²) < 4.78 is 5.77. The number of carbonyl (C=O) groups is 2. The van der Waals surface area contributed by atoms with Gasteiger partial charge >= 0.3 is 5.97 Å². The van der Waals surface area contributed by atoms with Crippen LogP contribution in [0.25, 0.3) is 10.2 Å². The van der Waals surface area contributed by atoms with Crippen LogP contribution in [0.4, 0.5) is 11.5 Å². The lowest BCUT2D eigenvalue weighted by molar-refractivity contribution is -0.134. The average Bonchev–Trinajstić information content (AvgIpc) is 3.11. The molecule has 1 amide bonds. The van der Waals surface area contributed by atoms with Crippen LogP contribution in [0.3, 0.4) is 0 Å². The van der Waals surface area contributed by atoms with E-state index in [4.69, 9.17) is 33.0 Å². The second-order valence-electron chi connectivity index (χ2n) is 5.65. The number of hydrogen-bond donors (Lipinski definition) is 3. The van der Waals surface area contributed by atoms with Crippen molar-refractivity contribution in [2.45, 2.75) is 6.92 Å². The van der Waals surface area contributed by atoms with E-state index in [9.17, 15) is 9.59 Å². The lowest BCUT2D eigenvalue weighted by atomic mass is 10.2. The Morgan fingerprint density at radius 2 is 2.04 bits per heavy atom. The average molecular weight is 441 g/mol. The number of carboxylic acids is 1. The zero-order valence-electron chi connectivity index (χ0n) is 14.7. The Morgan fingerprint density at radius 1 is 1.29 bits per heavy atom. The van der Waals surface area contributed by atoms with Gasteiger partial charge in [0, 0.05) is 5.38 Å². The third kappa shape index (κ3) is 3.82. The van der Waals surface area contributed by atoms with Crippen LogP contribution in [0, 0.1) is 6.92 Å². The molecule has 0 atom stereocenters. The van der Waals surface area contributed by atoms with Crippen molar-refractivity contribution < 1.29 is 19.4 Å². The fourth-order valence-electron chi connectivity index (χ4n) is 2.48. The molecule has 0 aliphatic rings. The van der Waals surface area contributed by atoms with Gasteiger partial charge in [-0.15, -0.1) is 11.3 Å². The van der Waals surface area contributed by atoms with Gasteiger partial charge in [-0.25, -0.2) is 9.97 Å². The number of aliphatic carboxylic acids is 1. The molecule has 0 spiro atoms. The number of fused-ring (bicyclic) bond motifs is 1. The molecule has 0 saturated carbocycles. The number of aryl methyl sites for hydroxylation is 1. The molecular weight excluding hydrogens is 427 g/mol. The Bertz CT molecular complexity index is 1090. The van der Waals surface area contributed by atoms with E-state index in [2.05, 4.69) is 20.6 Å². The molecule has 8 nitrogen and oxygen atoms in total. The van der Waals surface area contributed by atoms with E-state index < -0.39 is 11.9 Å². The number of amides is 1. The van der Waals surface area contributed by atoms with Crippen LogP contribution < -0.4 is 15.4 Å². The number of rotatable bonds is 6. The molecule has 2 aromatic heterocycles. The number of aromatic nitrogens is 2. The van der Waals surface area contributed by atoms with Gasteiger partial charge in [-0.3, -0.25) is 9.59 Å². The summed E-state index contributed by atoms with van der Waals surface area (Å²) in [7, 11) is 1.47. The Morgan fingerprint density at radius 3 is 2.71 bits per heavy atom. The summed E-state index contributed by atoms with van der Waals surface area (Å²) in [5.74, 6) is -0.772. The fourth-order valence-corrected chi connectivity index (χ4v) is 3.96. The van der Waals surface area contributed by atoms with E-state index >= 15 is 0 Å². The van der Waals surface area contributed by atoms with Crippen molar-refractivity contribution >= 4 is 68.1 Å². The Labute approximate surface area is 173 Å². The van der Waals surface area contributed by atoms with E-state index in [1.54, 1.807) is 18.4 Å². The maximum absolute atomic E-state index is 12.8. The lowest BCUT2D eigenvalue weighted by Gasteiger charge is -2.14. The quantitative estimate of drug-likeness (QED) is 0.529. The van der Waals surface area contributed by atoms with Gasteiger partial charge in [0.05, 0.1) is 33.6 Å². The van der Waals surface area contributed by atoms with Gasteiger partial charge in [-0.1, -0.05) is 23.2 Å². The largest absolute Gasteiger partial charge is 0.495 e. The van der Waals surface area contributed by atoms with Crippen molar-refractivity contribution in [2.24, 2.45) is 0 Å². The number of nitrogens with one attached hydrogen (secondary N) is 2. The Kier molecular flexibility index (Phi) is 5.87. The van der Waals surface area contributed by atoms with Crippen LogP contribution in [-0.2, 0) is 4.79 Å². The maximum Gasteiger partial charge on any atom is 0.322 e. The molecule has 3 rings (SSSR count). The normalized spacial score (nSPS) is 10.7. The standard InChI is InChI=1S/C17H14Cl2N4O4S/c1-7-3-9(27-2)12(19)14(11(7)18)23-17(26)8-5-28-15-13(8)21-6-22-16(15)20-4-10(24)25/h3,5-6H,4H2,1-2H3,(H,23,26)(H,24,25)(H,20,21,22). The van der Waals surface area contributed by atoms with Gasteiger partial charge in [0.2, 0.25) is 0 Å². The van der Waals surface area contributed by atoms with Gasteiger partial charge in [0.1, 0.15) is 29.5 Å². The van der Waals surface area contributed by atoms with Crippen LogP contribution in [0.15, 0.2) is 17.8 Å². The van der Waals surface area contributed by atoms with Crippen LogP contribution in [0.2, 0.25) is 10.0 Å². The smallest absolute Gasteiger partial charge is 0.322 e. The highest BCUT2D eigenvalue weighted by atomic mass is 35.5. The molecule has 0 unspecified atom stereocenters. The summed E-state index contributed by atoms with van der Waals surface area (Å²) in [6, 6.07) is 1.67. The highest BCUT2D eigenvalue weighted by molar-refractivity contribution is 7.18. The van der Waals surface area contributed by atoms with E-state index in [1.807, 2.05) is 0 Å². The zero-order valence-corrected chi connectivity index (χ0v) is 17.0. The number of halogens is 2. The minimum absolute atomic E-state index is 0.185. The number of carboxylic acid groups (broad SMARTS) is 1. The number of carbonyl (C=O) groups excluding carboxylic acids is 1. The fraction of sp³-hybridized carbons (Fsp3) is 0.176. The van der Waals surface area contributed by atoms with Crippen LogP contribution in [0.1, 0.15) is 15.9 Å². The molecule has 0 aliphatic carbocycles. The third-order valence-electron chi connectivity index (χ3n) is 3.81. The number of nitrogens with zero attached hydrogens (tertiary/aromatic N) is 2. The summed E-state index contributed by atoms with van der Waals surface area (Å²) in [6.07, 6.45) is 1.26. The molecule has 0 saturated heterocycles. The molecule has 3 aromatic rings. The topological polar surface area (TPSA) is 113 Å². The van der Waals surface area contributed by atoms with Crippen LogP contribution in [-0.4, -0.2) is 40.6 Å². The Balaban J connectivity index is 1.96. The summed E-state index contributed by atoms with van der Waals surface area (Å²) in [6.45, 7) is 1.46. The van der Waals surface area contributed by atoms with Crippen LogP contribution >= 0.6 is 34.5 Å². The van der Waals surface area contributed by atoms with Gasteiger partial charge < -0.3 is 20.5 Å². The van der Waals surface area contributed by atoms with E-state index in [-0.39, 0.29) is 22.8 Å². The second kappa shape index (κ2) is 8.17. The molecule has 28 heavy (non-hydrogen) atoms. The van der Waals surface area contributed by atoms with Crippen molar-refractivity contribution in [2.75, 3.05) is 24.3 Å². The van der Waals surface area contributed by atoms with Crippen molar-refractivity contribution in [1.29, 1.82) is 0 Å². The van der Waals surface area contributed by atoms with Crippen molar-refractivity contribution in [3.8, 4) is 5.75 Å². The van der Waals surface area contributed by atoms with Gasteiger partial charge in [0.15, 0.2) is 0 Å². The molecule has 0 fully saturated rings. The number of methoxy groups -OCH3 is 1.